The summed E-state index contributed by atoms with van der Waals surface area (Å²) >= 11 is 0. The average Bonchev–Trinajstić information content (AvgIpc) is 2.69. The molecule has 0 aliphatic carbocycles. The zero-order chi connectivity index (χ0) is 22.7. The highest BCUT2D eigenvalue weighted by Gasteiger charge is 2.25. The van der Waals surface area contributed by atoms with Crippen molar-refractivity contribution in [2.75, 3.05) is 6.54 Å². The topological polar surface area (TPSA) is 194 Å². The number of benzene rings is 1. The van der Waals surface area contributed by atoms with Crippen molar-refractivity contribution in [1.29, 1.82) is 0 Å². The number of carboxylic acid groups (broad SMARTS) is 1. The molecule has 30 heavy (non-hydrogen) atoms. The van der Waals surface area contributed by atoms with Crippen LogP contribution in [-0.2, 0) is 30.4 Å². The van der Waals surface area contributed by atoms with E-state index >= 15 is 0 Å². The number of hydrogen-bond acceptors (Lipinski definition) is 6. The van der Waals surface area contributed by atoms with Gasteiger partial charge in [0.25, 0.3) is 0 Å². The van der Waals surface area contributed by atoms with Crippen LogP contribution in [-0.4, -0.2) is 59.4 Å². The van der Waals surface area contributed by atoms with E-state index in [-0.39, 0.29) is 19.3 Å². The molecular formula is C19H27N5O6. The van der Waals surface area contributed by atoms with Crippen LogP contribution < -0.4 is 27.4 Å². The second kappa shape index (κ2) is 12.2. The third-order valence-corrected chi connectivity index (χ3v) is 4.12. The normalized spacial score (nSPS) is 13.4. The Hall–Kier alpha value is -3.47. The fourth-order valence-electron chi connectivity index (χ4n) is 2.44. The molecule has 0 heterocycles. The van der Waals surface area contributed by atoms with Gasteiger partial charge in [-0.1, -0.05) is 30.3 Å². The van der Waals surface area contributed by atoms with E-state index in [9.17, 15) is 24.0 Å². The molecule has 1 rings (SSSR count). The minimum absolute atomic E-state index is 0.124. The number of carbonyl (C=O) groups excluding carboxylic acids is 4. The first-order valence-electron chi connectivity index (χ1n) is 9.28. The number of aliphatic carboxylic acids is 1. The van der Waals surface area contributed by atoms with Crippen LogP contribution >= 0.6 is 0 Å². The Bertz CT molecular complexity index is 770. The molecule has 8 N–H and O–H groups in total. The largest absolute Gasteiger partial charge is 0.480 e. The number of carboxylic acids is 1. The Morgan fingerprint density at radius 2 is 1.67 bits per heavy atom. The second-order valence-corrected chi connectivity index (χ2v) is 6.71. The maximum atomic E-state index is 12.2. The van der Waals surface area contributed by atoms with Gasteiger partial charge in [-0.3, -0.25) is 24.0 Å². The molecule has 0 saturated heterocycles. The van der Waals surface area contributed by atoms with Gasteiger partial charge in [-0.25, -0.2) is 0 Å². The lowest BCUT2D eigenvalue weighted by atomic mass is 10.1. The van der Waals surface area contributed by atoms with Crippen LogP contribution in [0.5, 0.6) is 0 Å². The summed E-state index contributed by atoms with van der Waals surface area (Å²) in [7, 11) is 0. The first-order chi connectivity index (χ1) is 14.1. The Morgan fingerprint density at radius 3 is 2.23 bits per heavy atom. The molecule has 3 unspecified atom stereocenters. The lowest BCUT2D eigenvalue weighted by Gasteiger charge is -2.20. The van der Waals surface area contributed by atoms with Crippen LogP contribution in [0, 0.1) is 0 Å². The van der Waals surface area contributed by atoms with E-state index in [1.807, 2.05) is 30.3 Å². The summed E-state index contributed by atoms with van der Waals surface area (Å²) in [4.78, 5) is 58.3. The Labute approximate surface area is 173 Å². The summed E-state index contributed by atoms with van der Waals surface area (Å²) in [5.41, 5.74) is 11.8. The van der Waals surface area contributed by atoms with E-state index in [1.165, 1.54) is 6.92 Å². The fourth-order valence-corrected chi connectivity index (χ4v) is 2.44. The number of rotatable bonds is 12. The second-order valence-electron chi connectivity index (χ2n) is 6.71. The zero-order valence-electron chi connectivity index (χ0n) is 16.6. The number of carbonyl (C=O) groups is 5. The third-order valence-electron chi connectivity index (χ3n) is 4.12. The van der Waals surface area contributed by atoms with Crippen molar-refractivity contribution >= 4 is 29.6 Å². The summed E-state index contributed by atoms with van der Waals surface area (Å²) in [6.07, 6.45) is -0.0418. The van der Waals surface area contributed by atoms with E-state index < -0.39 is 54.3 Å². The van der Waals surface area contributed by atoms with Gasteiger partial charge in [-0.05, 0) is 25.3 Å². The number of amides is 4. The highest BCUT2D eigenvalue weighted by Crippen LogP contribution is 2.02. The van der Waals surface area contributed by atoms with Gasteiger partial charge in [0.15, 0.2) is 0 Å². The monoisotopic (exact) mass is 421 g/mol. The highest BCUT2D eigenvalue weighted by atomic mass is 16.4. The van der Waals surface area contributed by atoms with Gasteiger partial charge in [-0.2, -0.15) is 0 Å². The van der Waals surface area contributed by atoms with Gasteiger partial charge in [0.1, 0.15) is 12.1 Å². The summed E-state index contributed by atoms with van der Waals surface area (Å²) < 4.78 is 0. The quantitative estimate of drug-likeness (QED) is 0.225. The number of nitrogens with two attached hydrogens (primary N) is 2. The van der Waals surface area contributed by atoms with Crippen LogP contribution in [0.4, 0.5) is 0 Å². The molecule has 0 aromatic heterocycles. The van der Waals surface area contributed by atoms with E-state index in [0.29, 0.717) is 0 Å². The molecule has 0 aliphatic rings. The van der Waals surface area contributed by atoms with E-state index in [2.05, 4.69) is 16.0 Å². The molecule has 1 aromatic rings. The molecular weight excluding hydrogens is 394 g/mol. The lowest BCUT2D eigenvalue weighted by molar-refractivity contribution is -0.141. The first-order valence-corrected chi connectivity index (χ1v) is 9.28. The van der Waals surface area contributed by atoms with Crippen molar-refractivity contribution in [2.45, 2.75) is 44.3 Å². The molecule has 11 heteroatoms. The molecule has 0 fully saturated rings. The van der Waals surface area contributed by atoms with Crippen molar-refractivity contribution < 1.29 is 29.1 Å². The minimum atomic E-state index is -1.26. The number of nitrogens with one attached hydrogen (secondary N) is 3. The van der Waals surface area contributed by atoms with Crippen LogP contribution in [0.1, 0.15) is 25.3 Å². The molecule has 11 nitrogen and oxygen atoms in total. The molecule has 0 spiro atoms. The maximum absolute atomic E-state index is 12.2. The Morgan fingerprint density at radius 1 is 1.03 bits per heavy atom. The van der Waals surface area contributed by atoms with Gasteiger partial charge >= 0.3 is 5.97 Å². The summed E-state index contributed by atoms with van der Waals surface area (Å²) in [5, 5.41) is 15.8. The molecule has 0 saturated carbocycles. The summed E-state index contributed by atoms with van der Waals surface area (Å²) in [6, 6.07) is 5.85. The molecule has 0 radical (unpaired) electrons. The first kappa shape index (κ1) is 24.6. The minimum Gasteiger partial charge on any atom is -0.480 e. The third kappa shape index (κ3) is 9.15. The fraction of sp³-hybridized carbons (Fsp3) is 0.421. The van der Waals surface area contributed by atoms with E-state index in [1.54, 1.807) is 0 Å². The summed E-state index contributed by atoms with van der Waals surface area (Å²) in [5.74, 6) is -3.99. The van der Waals surface area contributed by atoms with Crippen molar-refractivity contribution in [3.05, 3.63) is 35.9 Å². The zero-order valence-corrected chi connectivity index (χ0v) is 16.6. The van der Waals surface area contributed by atoms with Crippen LogP contribution in [0.25, 0.3) is 0 Å². The molecule has 0 aliphatic heterocycles. The van der Waals surface area contributed by atoms with Gasteiger partial charge in [0, 0.05) is 6.42 Å². The highest BCUT2D eigenvalue weighted by molar-refractivity contribution is 5.92. The molecule has 164 valence electrons. The van der Waals surface area contributed by atoms with Gasteiger partial charge in [0.05, 0.1) is 12.6 Å². The van der Waals surface area contributed by atoms with Crippen LogP contribution in [0.3, 0.4) is 0 Å². The lowest BCUT2D eigenvalue weighted by Crippen LogP contribution is -2.53. The molecule has 0 bridgehead atoms. The van der Waals surface area contributed by atoms with E-state index in [0.717, 1.165) is 5.56 Å². The predicted molar refractivity (Wildman–Crippen MR) is 107 cm³/mol. The Balaban J connectivity index is 2.58. The number of hydrogen-bond donors (Lipinski definition) is 6. The number of primary amides is 1. The average molecular weight is 421 g/mol. The van der Waals surface area contributed by atoms with E-state index in [4.69, 9.17) is 16.6 Å². The predicted octanol–water partition coefficient (Wildman–Crippen LogP) is -1.99. The van der Waals surface area contributed by atoms with Crippen LogP contribution in [0.2, 0.25) is 0 Å². The van der Waals surface area contributed by atoms with Crippen molar-refractivity contribution in [2.24, 2.45) is 11.5 Å². The van der Waals surface area contributed by atoms with Crippen LogP contribution in [0.15, 0.2) is 30.3 Å². The van der Waals surface area contributed by atoms with Crippen molar-refractivity contribution in [3.63, 3.8) is 0 Å². The standard InChI is InChI=1S/C19H27N5O6/c1-11(19(29)30)23-18(28)14(7-8-15(21)25)24-16(26)10-22-17(27)13(20)9-12-5-3-2-4-6-12/h2-6,11,13-14H,7-10,20H2,1H3,(H2,21,25)(H,22,27)(H,23,28)(H,24,26)(H,29,30). The van der Waals surface area contributed by atoms with Gasteiger partial charge < -0.3 is 32.5 Å². The van der Waals surface area contributed by atoms with Gasteiger partial charge in [-0.15, -0.1) is 0 Å². The smallest absolute Gasteiger partial charge is 0.325 e. The summed E-state index contributed by atoms with van der Waals surface area (Å²) in [6.45, 7) is 0.803. The van der Waals surface area contributed by atoms with Gasteiger partial charge in [0.2, 0.25) is 23.6 Å². The molecule has 1 aromatic carbocycles. The Kier molecular flexibility index (Phi) is 9.97. The SMILES string of the molecule is CC(NC(=O)C(CCC(N)=O)NC(=O)CNC(=O)C(N)Cc1ccccc1)C(=O)O. The van der Waals surface area contributed by atoms with Crippen molar-refractivity contribution in [1.82, 2.24) is 16.0 Å². The molecule has 4 amide bonds. The maximum Gasteiger partial charge on any atom is 0.325 e. The van der Waals surface area contributed by atoms with Crippen molar-refractivity contribution in [3.8, 4) is 0 Å². The molecule has 3 atom stereocenters.